The number of nitrogens with zero attached hydrogens (tertiary/aromatic N) is 2. The van der Waals surface area contributed by atoms with Crippen molar-refractivity contribution in [1.82, 2.24) is 4.98 Å². The first-order chi connectivity index (χ1) is 10.1. The maximum atomic E-state index is 11.9. The molecule has 1 heterocycles. The molecule has 1 N–H and O–H groups in total. The fourth-order valence-corrected chi connectivity index (χ4v) is 2.46. The number of nitrogens with one attached hydrogen (secondary N) is 1. The van der Waals surface area contributed by atoms with Crippen molar-refractivity contribution in [2.75, 3.05) is 5.32 Å². The summed E-state index contributed by atoms with van der Waals surface area (Å²) in [5.41, 5.74) is 2.00. The molecule has 21 heavy (non-hydrogen) atoms. The van der Waals surface area contributed by atoms with Crippen LogP contribution in [0.25, 0.3) is 11.1 Å². The zero-order chi connectivity index (χ0) is 14.6. The molecule has 108 valence electrons. The van der Waals surface area contributed by atoms with E-state index in [1.165, 1.54) is 0 Å². The van der Waals surface area contributed by atoms with Crippen molar-refractivity contribution >= 4 is 22.7 Å². The molecule has 2 saturated carbocycles. The summed E-state index contributed by atoms with van der Waals surface area (Å²) in [5, 5.41) is 13.3. The van der Waals surface area contributed by atoms with Gasteiger partial charge >= 0.3 is 0 Å². The lowest BCUT2D eigenvalue weighted by Crippen LogP contribution is -2.18. The fraction of sp³-hybridized carbons (Fsp3) is 0.429. The molecule has 7 nitrogen and oxygen atoms in total. The minimum Gasteiger partial charge on any atom is -0.440 e. The number of nitro groups is 1. The van der Waals surface area contributed by atoms with Crippen molar-refractivity contribution in [2.24, 2.45) is 5.92 Å². The van der Waals surface area contributed by atoms with Crippen LogP contribution < -0.4 is 5.32 Å². The normalized spacial score (nSPS) is 24.0. The van der Waals surface area contributed by atoms with Gasteiger partial charge in [0.1, 0.15) is 11.4 Å². The molecule has 0 bridgehead atoms. The second-order valence-corrected chi connectivity index (χ2v) is 5.69. The van der Waals surface area contributed by atoms with E-state index in [1.807, 2.05) is 0 Å². The molecule has 0 unspecified atom stereocenters. The number of anilines is 1. The monoisotopic (exact) mass is 287 g/mol. The molecule has 2 fully saturated rings. The molecule has 0 aliphatic heterocycles. The van der Waals surface area contributed by atoms with Gasteiger partial charge in [-0.15, -0.1) is 0 Å². The Bertz CT molecular complexity index is 750. The lowest BCUT2D eigenvalue weighted by atomic mass is 10.2. The van der Waals surface area contributed by atoms with Crippen LogP contribution in [0.2, 0.25) is 0 Å². The van der Waals surface area contributed by atoms with Crippen molar-refractivity contribution < 1.29 is 14.1 Å². The number of hydrogen-bond donors (Lipinski definition) is 1. The van der Waals surface area contributed by atoms with E-state index in [4.69, 9.17) is 4.42 Å². The van der Waals surface area contributed by atoms with Crippen LogP contribution in [-0.4, -0.2) is 21.9 Å². The molecule has 2 aliphatic rings. The summed E-state index contributed by atoms with van der Waals surface area (Å²) in [7, 11) is 0. The van der Waals surface area contributed by atoms with Gasteiger partial charge in [0.2, 0.25) is 11.9 Å². The number of hydrogen-bond acceptors (Lipinski definition) is 5. The van der Waals surface area contributed by atoms with Gasteiger partial charge in [-0.2, -0.15) is 0 Å². The minimum absolute atomic E-state index is 0.304. The van der Waals surface area contributed by atoms with Crippen LogP contribution in [0.4, 0.5) is 5.69 Å². The van der Waals surface area contributed by atoms with Crippen molar-refractivity contribution in [2.45, 2.75) is 31.2 Å². The standard InChI is InChI=1S/C14H13N3O4/c18-13(9-6-11(9)17(19)20)15-8-3-4-12-10(5-8)16-14(21-12)7-1-2-7/h3-5,7,9,11H,1-2,6H2,(H,15,18)/t9-,11+/m0/s1. The molecule has 2 aromatic rings. The van der Waals surface area contributed by atoms with Gasteiger partial charge in [0, 0.05) is 22.9 Å². The van der Waals surface area contributed by atoms with Crippen LogP contribution in [0, 0.1) is 16.0 Å². The zero-order valence-electron chi connectivity index (χ0n) is 11.1. The summed E-state index contributed by atoms with van der Waals surface area (Å²) in [6.45, 7) is 0. The minimum atomic E-state index is -0.734. The molecule has 4 rings (SSSR count). The number of rotatable bonds is 4. The maximum Gasteiger partial charge on any atom is 0.234 e. The summed E-state index contributed by atoms with van der Waals surface area (Å²) in [5.74, 6) is 0.365. The van der Waals surface area contributed by atoms with Crippen LogP contribution in [0.5, 0.6) is 0 Å². The molecular formula is C14H13N3O4. The van der Waals surface area contributed by atoms with Crippen molar-refractivity contribution in [1.29, 1.82) is 0 Å². The quantitative estimate of drug-likeness (QED) is 0.687. The Morgan fingerprint density at radius 1 is 1.43 bits per heavy atom. The van der Waals surface area contributed by atoms with E-state index in [1.54, 1.807) is 18.2 Å². The number of aromatic nitrogens is 1. The average molecular weight is 287 g/mol. The van der Waals surface area contributed by atoms with E-state index in [-0.39, 0.29) is 5.91 Å². The van der Waals surface area contributed by atoms with E-state index in [2.05, 4.69) is 10.3 Å². The fourth-order valence-electron chi connectivity index (χ4n) is 2.46. The number of fused-ring (bicyclic) bond motifs is 1. The Morgan fingerprint density at radius 2 is 2.24 bits per heavy atom. The first-order valence-electron chi connectivity index (χ1n) is 6.96. The summed E-state index contributed by atoms with van der Waals surface area (Å²) < 4.78 is 5.65. The highest BCUT2D eigenvalue weighted by Crippen LogP contribution is 2.41. The SMILES string of the molecule is O=C(Nc1ccc2oc(C3CC3)nc2c1)[C@H]1C[C@H]1[N+](=O)[O-]. The number of carbonyl (C=O) groups is 1. The Morgan fingerprint density at radius 3 is 2.90 bits per heavy atom. The third-order valence-electron chi connectivity index (χ3n) is 3.96. The van der Waals surface area contributed by atoms with Gasteiger partial charge in [0.15, 0.2) is 11.5 Å². The highest BCUT2D eigenvalue weighted by atomic mass is 16.6. The number of benzene rings is 1. The second kappa shape index (κ2) is 4.28. The van der Waals surface area contributed by atoms with E-state index in [0.717, 1.165) is 18.7 Å². The molecule has 7 heteroatoms. The number of oxazole rings is 1. The molecule has 1 aromatic carbocycles. The summed E-state index contributed by atoms with van der Waals surface area (Å²) in [4.78, 5) is 26.5. The topological polar surface area (TPSA) is 98.3 Å². The van der Waals surface area contributed by atoms with Crippen LogP contribution in [0.3, 0.4) is 0 Å². The molecule has 1 amide bonds. The smallest absolute Gasteiger partial charge is 0.234 e. The predicted octanol–water partition coefficient (Wildman–Crippen LogP) is 2.31. The summed E-state index contributed by atoms with van der Waals surface area (Å²) in [6, 6.07) is 4.50. The summed E-state index contributed by atoms with van der Waals surface area (Å²) >= 11 is 0. The van der Waals surface area contributed by atoms with Gasteiger partial charge < -0.3 is 9.73 Å². The molecule has 0 saturated heterocycles. The molecule has 0 radical (unpaired) electrons. The Hall–Kier alpha value is -2.44. The van der Waals surface area contributed by atoms with Gasteiger partial charge in [0.25, 0.3) is 0 Å². The Kier molecular flexibility index (Phi) is 2.51. The molecule has 2 atom stereocenters. The first kappa shape index (κ1) is 12.3. The summed E-state index contributed by atoms with van der Waals surface area (Å²) in [6.07, 6.45) is 2.54. The van der Waals surface area contributed by atoms with E-state index < -0.39 is 16.9 Å². The van der Waals surface area contributed by atoms with Crippen molar-refractivity contribution in [3.8, 4) is 0 Å². The lowest BCUT2D eigenvalue weighted by Gasteiger charge is -2.02. The largest absolute Gasteiger partial charge is 0.440 e. The van der Waals surface area contributed by atoms with Gasteiger partial charge in [-0.1, -0.05) is 0 Å². The highest BCUT2D eigenvalue weighted by molar-refractivity contribution is 5.96. The van der Waals surface area contributed by atoms with E-state index >= 15 is 0 Å². The van der Waals surface area contributed by atoms with Gasteiger partial charge in [-0.3, -0.25) is 14.9 Å². The van der Waals surface area contributed by atoms with Gasteiger partial charge in [0.05, 0.1) is 0 Å². The van der Waals surface area contributed by atoms with Crippen molar-refractivity contribution in [3.05, 3.63) is 34.2 Å². The van der Waals surface area contributed by atoms with E-state index in [0.29, 0.717) is 29.1 Å². The lowest BCUT2D eigenvalue weighted by molar-refractivity contribution is -0.497. The molecule has 2 aliphatic carbocycles. The molecular weight excluding hydrogens is 274 g/mol. The third kappa shape index (κ3) is 2.24. The predicted molar refractivity (Wildman–Crippen MR) is 73.5 cm³/mol. The number of amides is 1. The van der Waals surface area contributed by atoms with Crippen LogP contribution in [0.15, 0.2) is 22.6 Å². The van der Waals surface area contributed by atoms with Crippen LogP contribution in [-0.2, 0) is 4.79 Å². The van der Waals surface area contributed by atoms with Gasteiger partial charge in [-0.25, -0.2) is 4.98 Å². The average Bonchev–Trinajstić information content (AvgIpc) is 3.33. The highest BCUT2D eigenvalue weighted by Gasteiger charge is 2.53. The molecule has 1 aromatic heterocycles. The van der Waals surface area contributed by atoms with Gasteiger partial charge in [-0.05, 0) is 31.0 Å². The first-order valence-corrected chi connectivity index (χ1v) is 6.96. The van der Waals surface area contributed by atoms with Crippen LogP contribution >= 0.6 is 0 Å². The van der Waals surface area contributed by atoms with Crippen LogP contribution in [0.1, 0.15) is 31.1 Å². The van der Waals surface area contributed by atoms with Crippen molar-refractivity contribution in [3.63, 3.8) is 0 Å². The molecule has 0 spiro atoms. The Balaban J connectivity index is 1.51. The Labute approximate surface area is 119 Å². The van der Waals surface area contributed by atoms with E-state index in [9.17, 15) is 14.9 Å². The number of carbonyl (C=O) groups excluding carboxylic acids is 1. The second-order valence-electron chi connectivity index (χ2n) is 5.69. The zero-order valence-corrected chi connectivity index (χ0v) is 11.1. The maximum absolute atomic E-state index is 11.9. The third-order valence-corrected chi connectivity index (χ3v) is 3.96.